The minimum Gasteiger partial charge on any atom is -0.444 e. The van der Waals surface area contributed by atoms with Gasteiger partial charge in [-0.1, -0.05) is 60.7 Å². The van der Waals surface area contributed by atoms with Gasteiger partial charge >= 0.3 is 6.09 Å². The molecule has 2 aromatic carbocycles. The number of carbonyl (C=O) groups is 2. The molecule has 3 atom stereocenters. The standard InChI is InChI=1S/C31H43N5O6S2/c1-2-44(40,41)36-29(15-16-32-17-18-37)30(38)34-26(19-24-9-5-3-6-10-24)13-14-27(20-25-11-7-4-8-12-25)35-31(39)42-22-28-21-33-23-43-28/h3-12,21,23,26-27,29,32,36-37H,2,13-20,22H2,1H3,(H,34,38)(H,35,39)/t26-,27-,29+/m1/s1. The van der Waals surface area contributed by atoms with Crippen LogP contribution >= 0.6 is 11.3 Å². The highest BCUT2D eigenvalue weighted by atomic mass is 32.2. The smallest absolute Gasteiger partial charge is 0.407 e. The summed E-state index contributed by atoms with van der Waals surface area (Å²) >= 11 is 1.41. The van der Waals surface area contributed by atoms with E-state index in [1.165, 1.54) is 18.3 Å². The number of carbonyl (C=O) groups excluding carboxylic acids is 2. The number of alkyl carbamates (subject to hydrolysis) is 1. The Bertz CT molecular complexity index is 1340. The van der Waals surface area contributed by atoms with Crippen molar-refractivity contribution in [2.24, 2.45) is 0 Å². The molecule has 3 aromatic rings. The first-order valence-corrected chi connectivity index (χ1v) is 17.3. The van der Waals surface area contributed by atoms with Crippen LogP contribution in [0.5, 0.6) is 0 Å². The second-order valence-corrected chi connectivity index (χ2v) is 13.4. The van der Waals surface area contributed by atoms with E-state index in [1.54, 1.807) is 11.7 Å². The Kier molecular flexibility index (Phi) is 15.3. The van der Waals surface area contributed by atoms with Crippen molar-refractivity contribution in [1.82, 2.24) is 25.7 Å². The third kappa shape index (κ3) is 13.5. The van der Waals surface area contributed by atoms with Crippen LogP contribution in [0.3, 0.4) is 0 Å². The summed E-state index contributed by atoms with van der Waals surface area (Å²) < 4.78 is 32.7. The summed E-state index contributed by atoms with van der Waals surface area (Å²) in [6.45, 7) is 2.27. The third-order valence-corrected chi connectivity index (χ3v) is 9.08. The van der Waals surface area contributed by atoms with Gasteiger partial charge in [0.15, 0.2) is 0 Å². The lowest BCUT2D eigenvalue weighted by Crippen LogP contribution is -2.51. The first kappa shape index (κ1) is 35.1. The van der Waals surface area contributed by atoms with E-state index in [2.05, 4.69) is 25.7 Å². The zero-order valence-corrected chi connectivity index (χ0v) is 26.6. The first-order chi connectivity index (χ1) is 21.3. The summed E-state index contributed by atoms with van der Waals surface area (Å²) in [5, 5.41) is 18.1. The van der Waals surface area contributed by atoms with Crippen LogP contribution in [0.4, 0.5) is 4.79 Å². The van der Waals surface area contributed by atoms with E-state index >= 15 is 0 Å². The second kappa shape index (κ2) is 19.1. The molecule has 1 aromatic heterocycles. The molecule has 0 fully saturated rings. The molecule has 0 unspecified atom stereocenters. The molecule has 0 aliphatic heterocycles. The van der Waals surface area contributed by atoms with Gasteiger partial charge in [0.05, 0.1) is 22.7 Å². The van der Waals surface area contributed by atoms with E-state index < -0.39 is 28.1 Å². The fraction of sp³-hybridized carbons (Fsp3) is 0.452. The summed E-state index contributed by atoms with van der Waals surface area (Å²) in [6.07, 6.45) is 3.48. The van der Waals surface area contributed by atoms with Crippen molar-refractivity contribution in [3.05, 3.63) is 88.4 Å². The highest BCUT2D eigenvalue weighted by molar-refractivity contribution is 7.89. The Hall–Kier alpha value is -3.36. The largest absolute Gasteiger partial charge is 0.444 e. The van der Waals surface area contributed by atoms with E-state index in [0.717, 1.165) is 16.0 Å². The lowest BCUT2D eigenvalue weighted by molar-refractivity contribution is -0.123. The van der Waals surface area contributed by atoms with Crippen molar-refractivity contribution in [2.45, 2.75) is 63.8 Å². The molecule has 44 heavy (non-hydrogen) atoms. The van der Waals surface area contributed by atoms with Crippen LogP contribution < -0.4 is 20.7 Å². The molecule has 0 saturated carbocycles. The number of rotatable bonds is 20. The van der Waals surface area contributed by atoms with Crippen molar-refractivity contribution in [3.63, 3.8) is 0 Å². The molecule has 11 nitrogen and oxygen atoms in total. The third-order valence-electron chi connectivity index (χ3n) is 6.93. The number of nitrogens with zero attached hydrogens (tertiary/aromatic N) is 1. The lowest BCUT2D eigenvalue weighted by Gasteiger charge is -2.26. The molecule has 1 heterocycles. The van der Waals surface area contributed by atoms with Crippen molar-refractivity contribution in [2.75, 3.05) is 25.4 Å². The number of ether oxygens (including phenoxy) is 1. The maximum atomic E-state index is 13.5. The molecule has 0 radical (unpaired) electrons. The minimum atomic E-state index is -3.65. The van der Waals surface area contributed by atoms with Gasteiger partial charge in [-0.15, -0.1) is 11.3 Å². The van der Waals surface area contributed by atoms with Crippen molar-refractivity contribution in [1.29, 1.82) is 0 Å². The van der Waals surface area contributed by atoms with E-state index in [4.69, 9.17) is 9.84 Å². The Labute approximate surface area is 263 Å². The number of hydrogen-bond donors (Lipinski definition) is 5. The molecular formula is C31H43N5O6S2. The highest BCUT2D eigenvalue weighted by Crippen LogP contribution is 2.15. The molecule has 0 bridgehead atoms. The number of sulfonamides is 1. The number of aliphatic hydroxyl groups is 1. The van der Waals surface area contributed by atoms with Gasteiger partial charge < -0.3 is 25.8 Å². The zero-order chi connectivity index (χ0) is 31.6. The van der Waals surface area contributed by atoms with Crippen LogP contribution in [0.15, 0.2) is 72.4 Å². The van der Waals surface area contributed by atoms with E-state index in [1.807, 2.05) is 60.7 Å². The predicted molar refractivity (Wildman–Crippen MR) is 172 cm³/mol. The summed E-state index contributed by atoms with van der Waals surface area (Å²) in [7, 11) is -3.65. The van der Waals surface area contributed by atoms with Crippen molar-refractivity contribution < 1.29 is 27.9 Å². The molecule has 5 N–H and O–H groups in total. The summed E-state index contributed by atoms with van der Waals surface area (Å²) in [4.78, 5) is 31.1. The molecule has 0 aliphatic carbocycles. The molecule has 0 aliphatic rings. The van der Waals surface area contributed by atoms with Gasteiger partial charge in [-0.3, -0.25) is 9.78 Å². The van der Waals surface area contributed by atoms with E-state index in [9.17, 15) is 18.0 Å². The molecular weight excluding hydrogens is 603 g/mol. The average Bonchev–Trinajstić information content (AvgIpc) is 3.55. The Morgan fingerprint density at radius 3 is 2.07 bits per heavy atom. The van der Waals surface area contributed by atoms with Crippen LogP contribution in [-0.2, 0) is 39.0 Å². The number of amides is 2. The maximum absolute atomic E-state index is 13.5. The fourth-order valence-corrected chi connectivity index (χ4v) is 5.94. The van der Waals surface area contributed by atoms with Crippen LogP contribution in [-0.4, -0.2) is 74.1 Å². The second-order valence-electron chi connectivity index (χ2n) is 10.4. The fourth-order valence-electron chi connectivity index (χ4n) is 4.60. The highest BCUT2D eigenvalue weighted by Gasteiger charge is 2.26. The number of aromatic nitrogens is 1. The SMILES string of the molecule is CCS(=O)(=O)N[C@@H](CCNCCO)C(=O)N[C@H](CC[C@H](Cc1ccccc1)NC(=O)OCc1cncs1)Cc1ccccc1. The number of nitrogens with one attached hydrogen (secondary N) is 4. The van der Waals surface area contributed by atoms with E-state index in [-0.39, 0.29) is 37.5 Å². The van der Waals surface area contributed by atoms with Gasteiger partial charge in [0.2, 0.25) is 15.9 Å². The Balaban J connectivity index is 1.73. The van der Waals surface area contributed by atoms with Gasteiger partial charge in [-0.25, -0.2) is 17.9 Å². The molecule has 3 rings (SSSR count). The maximum Gasteiger partial charge on any atom is 0.407 e. The molecule has 2 amide bonds. The summed E-state index contributed by atoms with van der Waals surface area (Å²) in [6, 6.07) is 18.0. The van der Waals surface area contributed by atoms with Gasteiger partial charge in [0, 0.05) is 24.8 Å². The summed E-state index contributed by atoms with van der Waals surface area (Å²) in [5.74, 6) is -0.578. The van der Waals surface area contributed by atoms with Crippen molar-refractivity contribution in [3.8, 4) is 0 Å². The molecule has 0 saturated heterocycles. The Morgan fingerprint density at radius 1 is 0.909 bits per heavy atom. The Morgan fingerprint density at radius 2 is 1.52 bits per heavy atom. The number of thiazole rings is 1. The first-order valence-electron chi connectivity index (χ1n) is 14.8. The number of benzene rings is 2. The van der Waals surface area contributed by atoms with Crippen LogP contribution in [0, 0.1) is 0 Å². The van der Waals surface area contributed by atoms with Crippen molar-refractivity contribution >= 4 is 33.4 Å². The van der Waals surface area contributed by atoms with Crippen LogP contribution in [0.25, 0.3) is 0 Å². The monoisotopic (exact) mass is 645 g/mol. The number of aliphatic hydroxyl groups excluding tert-OH is 1. The normalized spacial score (nSPS) is 13.5. The van der Waals surface area contributed by atoms with Gasteiger partial charge in [-0.2, -0.15) is 0 Å². The van der Waals surface area contributed by atoms with Gasteiger partial charge in [-0.05, 0) is 56.7 Å². The van der Waals surface area contributed by atoms with Gasteiger partial charge in [0.25, 0.3) is 0 Å². The lowest BCUT2D eigenvalue weighted by atomic mass is 9.95. The zero-order valence-electron chi connectivity index (χ0n) is 25.0. The minimum absolute atomic E-state index is 0.0618. The van der Waals surface area contributed by atoms with E-state index in [0.29, 0.717) is 38.8 Å². The number of hydrogen-bond acceptors (Lipinski definition) is 9. The molecule has 0 spiro atoms. The molecule has 13 heteroatoms. The van der Waals surface area contributed by atoms with Crippen LogP contribution in [0.2, 0.25) is 0 Å². The average molecular weight is 646 g/mol. The van der Waals surface area contributed by atoms with Crippen LogP contribution in [0.1, 0.15) is 42.2 Å². The molecule has 240 valence electrons. The topological polar surface area (TPSA) is 159 Å². The summed E-state index contributed by atoms with van der Waals surface area (Å²) in [5.41, 5.74) is 3.75. The van der Waals surface area contributed by atoms with Gasteiger partial charge in [0.1, 0.15) is 12.6 Å². The predicted octanol–water partition coefficient (Wildman–Crippen LogP) is 2.77. The quantitative estimate of drug-likeness (QED) is 0.117.